The molecule has 0 aromatic heterocycles. The van der Waals surface area contributed by atoms with E-state index in [1.165, 1.54) is 13.1 Å². The van der Waals surface area contributed by atoms with Crippen molar-refractivity contribution in [3.8, 4) is 0 Å². The zero-order valence-electron chi connectivity index (χ0n) is 9.86. The number of anilines is 1. The smallest absolute Gasteiger partial charge is 0.293 e. The number of alkyl halides is 2. The predicted octanol–water partition coefficient (Wildman–Crippen LogP) is 2.26. The molecule has 0 bridgehead atoms. The number of halogens is 3. The van der Waals surface area contributed by atoms with Crippen LogP contribution in [-0.2, 0) is 0 Å². The summed E-state index contributed by atoms with van der Waals surface area (Å²) in [5.41, 5.74) is 5.07. The molecule has 0 aliphatic heterocycles. The minimum absolute atomic E-state index is 0.0408. The van der Waals surface area contributed by atoms with E-state index in [9.17, 15) is 18.9 Å². The van der Waals surface area contributed by atoms with Crippen LogP contribution >= 0.6 is 11.6 Å². The molecule has 0 radical (unpaired) electrons. The van der Waals surface area contributed by atoms with Crippen LogP contribution < -0.4 is 11.1 Å². The van der Waals surface area contributed by atoms with Gasteiger partial charge in [-0.1, -0.05) is 11.6 Å². The second kappa shape index (κ2) is 6.28. The molecule has 104 valence electrons. The molecule has 3 N–H and O–H groups in total. The molecule has 0 amide bonds. The normalized spacial score (nSPS) is 11.7. The molecule has 1 aromatic carbocycles. The van der Waals surface area contributed by atoms with E-state index in [2.05, 4.69) is 10.3 Å². The van der Waals surface area contributed by atoms with Gasteiger partial charge in [0.2, 0.25) is 0 Å². The summed E-state index contributed by atoms with van der Waals surface area (Å²) in [4.78, 5) is 13.9. The van der Waals surface area contributed by atoms with Gasteiger partial charge in [-0.15, -0.1) is 0 Å². The van der Waals surface area contributed by atoms with E-state index in [0.717, 1.165) is 6.07 Å². The van der Waals surface area contributed by atoms with E-state index >= 15 is 0 Å². The zero-order valence-corrected chi connectivity index (χ0v) is 10.6. The molecular formula is C10H11ClF2N4O2. The number of benzene rings is 1. The highest BCUT2D eigenvalue weighted by Gasteiger charge is 2.23. The topological polar surface area (TPSA) is 93.5 Å². The second-order valence-corrected chi connectivity index (χ2v) is 3.86. The van der Waals surface area contributed by atoms with Gasteiger partial charge in [-0.3, -0.25) is 15.1 Å². The summed E-state index contributed by atoms with van der Waals surface area (Å²) < 4.78 is 24.5. The summed E-state index contributed by atoms with van der Waals surface area (Å²) in [5.74, 6) is -0.0783. The van der Waals surface area contributed by atoms with Crippen LogP contribution in [0.2, 0.25) is 5.02 Å². The maximum Gasteiger partial charge on any atom is 0.293 e. The molecule has 0 unspecified atom stereocenters. The molecule has 19 heavy (non-hydrogen) atoms. The van der Waals surface area contributed by atoms with Crippen LogP contribution in [0.1, 0.15) is 5.56 Å². The number of nitrogens with one attached hydrogen (secondary N) is 1. The fourth-order valence-corrected chi connectivity index (χ4v) is 1.69. The van der Waals surface area contributed by atoms with E-state index in [1.54, 1.807) is 0 Å². The zero-order chi connectivity index (χ0) is 14.6. The molecular weight excluding hydrogens is 282 g/mol. The maximum atomic E-state index is 12.2. The lowest BCUT2D eigenvalue weighted by atomic mass is 10.1. The predicted molar refractivity (Wildman–Crippen MR) is 69.2 cm³/mol. The molecule has 0 saturated heterocycles. The Bertz CT molecular complexity index is 522. The Morgan fingerprint density at radius 3 is 2.74 bits per heavy atom. The number of nitrogens with zero attached hydrogens (tertiary/aromatic N) is 2. The van der Waals surface area contributed by atoms with E-state index < -0.39 is 23.6 Å². The number of nitro benzene ring substituents is 1. The van der Waals surface area contributed by atoms with Gasteiger partial charge in [-0.05, 0) is 6.07 Å². The molecule has 0 spiro atoms. The van der Waals surface area contributed by atoms with E-state index in [1.807, 2.05) is 0 Å². The lowest BCUT2D eigenvalue weighted by Crippen LogP contribution is -2.20. The summed E-state index contributed by atoms with van der Waals surface area (Å²) in [7, 11) is 1.36. The van der Waals surface area contributed by atoms with Gasteiger partial charge in [0, 0.05) is 13.1 Å². The van der Waals surface area contributed by atoms with Gasteiger partial charge in [-0.2, -0.15) is 0 Å². The number of hydrogen-bond donors (Lipinski definition) is 2. The summed E-state index contributed by atoms with van der Waals surface area (Å²) >= 11 is 5.88. The second-order valence-electron chi connectivity index (χ2n) is 3.45. The fraction of sp³-hybridized carbons (Fsp3) is 0.300. The molecule has 0 fully saturated rings. The number of nitrogens with two attached hydrogens (primary N) is 1. The van der Waals surface area contributed by atoms with Crippen molar-refractivity contribution < 1.29 is 13.7 Å². The Labute approximate surface area is 112 Å². The largest absolute Gasteiger partial charge is 0.383 e. The Hall–Kier alpha value is -1.96. The van der Waals surface area contributed by atoms with Crippen LogP contribution in [0, 0.1) is 10.1 Å². The molecule has 0 heterocycles. The first kappa shape index (κ1) is 15.1. The number of amidine groups is 1. The van der Waals surface area contributed by atoms with E-state index in [-0.39, 0.29) is 22.1 Å². The quantitative estimate of drug-likeness (QED) is 0.377. The van der Waals surface area contributed by atoms with Crippen molar-refractivity contribution in [3.63, 3.8) is 0 Å². The van der Waals surface area contributed by atoms with Crippen molar-refractivity contribution in [2.45, 2.75) is 6.43 Å². The number of hydrogen-bond acceptors (Lipinski definition) is 4. The lowest BCUT2D eigenvalue weighted by molar-refractivity contribution is -0.384. The van der Waals surface area contributed by atoms with Gasteiger partial charge in [-0.25, -0.2) is 8.78 Å². The van der Waals surface area contributed by atoms with Gasteiger partial charge < -0.3 is 11.1 Å². The molecule has 1 aromatic rings. The van der Waals surface area contributed by atoms with E-state index in [0.29, 0.717) is 0 Å². The van der Waals surface area contributed by atoms with Crippen LogP contribution in [0.15, 0.2) is 17.1 Å². The van der Waals surface area contributed by atoms with Crippen LogP contribution in [0.4, 0.5) is 20.2 Å². The molecule has 0 saturated carbocycles. The Balaban J connectivity index is 3.41. The highest BCUT2D eigenvalue weighted by atomic mass is 35.5. The molecule has 9 heteroatoms. The Kier molecular flexibility index (Phi) is 4.99. The summed E-state index contributed by atoms with van der Waals surface area (Å²) in [6, 6.07) is 2.38. The lowest BCUT2D eigenvalue weighted by Gasteiger charge is -2.13. The Morgan fingerprint density at radius 1 is 1.63 bits per heavy atom. The minimum atomic E-state index is -2.67. The van der Waals surface area contributed by atoms with E-state index in [4.69, 9.17) is 17.3 Å². The van der Waals surface area contributed by atoms with Crippen molar-refractivity contribution in [1.29, 1.82) is 0 Å². The SMILES string of the molecule is CN=C(N)c1c(Cl)ccc([N+](=O)[O-])c1NCC(F)F. The standard InChI is InChI=1S/C10H11ClF2N4O2/c1-15-10(14)8-5(11)2-3-6(17(18)19)9(8)16-4-7(12)13/h2-3,7,16H,4H2,1H3,(H2,14,15). The van der Waals surface area contributed by atoms with Crippen molar-refractivity contribution >= 4 is 28.8 Å². The van der Waals surface area contributed by atoms with Gasteiger partial charge >= 0.3 is 0 Å². The Morgan fingerprint density at radius 2 is 2.26 bits per heavy atom. The third kappa shape index (κ3) is 3.50. The van der Waals surface area contributed by atoms with Gasteiger partial charge in [0.05, 0.1) is 22.1 Å². The number of rotatable bonds is 5. The molecule has 1 rings (SSSR count). The molecule has 0 aliphatic carbocycles. The third-order valence-electron chi connectivity index (χ3n) is 2.26. The van der Waals surface area contributed by atoms with Crippen LogP contribution in [0.3, 0.4) is 0 Å². The first-order valence-corrected chi connectivity index (χ1v) is 5.47. The highest BCUT2D eigenvalue weighted by molar-refractivity contribution is 6.35. The number of nitro groups is 1. The molecule has 6 nitrogen and oxygen atoms in total. The first-order chi connectivity index (χ1) is 8.88. The highest BCUT2D eigenvalue weighted by Crippen LogP contribution is 2.33. The fourth-order valence-electron chi connectivity index (χ4n) is 1.44. The van der Waals surface area contributed by atoms with Crippen molar-refractivity contribution in [2.24, 2.45) is 10.7 Å². The van der Waals surface area contributed by atoms with Crippen molar-refractivity contribution in [3.05, 3.63) is 32.8 Å². The maximum absolute atomic E-state index is 12.2. The van der Waals surface area contributed by atoms with Crippen LogP contribution in [0.25, 0.3) is 0 Å². The molecule has 0 aliphatic rings. The average Bonchev–Trinajstić information content (AvgIpc) is 2.34. The van der Waals surface area contributed by atoms with Gasteiger partial charge in [0.25, 0.3) is 12.1 Å². The summed E-state index contributed by atoms with van der Waals surface area (Å²) in [5, 5.41) is 13.3. The monoisotopic (exact) mass is 292 g/mol. The molecule has 0 atom stereocenters. The average molecular weight is 293 g/mol. The minimum Gasteiger partial charge on any atom is -0.383 e. The van der Waals surface area contributed by atoms with Gasteiger partial charge in [0.15, 0.2) is 0 Å². The van der Waals surface area contributed by atoms with Crippen molar-refractivity contribution in [1.82, 2.24) is 0 Å². The number of aliphatic imine (C=N–C) groups is 1. The van der Waals surface area contributed by atoms with Gasteiger partial charge in [0.1, 0.15) is 11.5 Å². The van der Waals surface area contributed by atoms with Crippen LogP contribution in [0.5, 0.6) is 0 Å². The third-order valence-corrected chi connectivity index (χ3v) is 2.57. The summed E-state index contributed by atoms with van der Waals surface area (Å²) in [6.45, 7) is -0.759. The van der Waals surface area contributed by atoms with Crippen molar-refractivity contribution in [2.75, 3.05) is 18.9 Å². The summed E-state index contributed by atoms with van der Waals surface area (Å²) in [6.07, 6.45) is -2.67. The first-order valence-electron chi connectivity index (χ1n) is 5.10. The van der Waals surface area contributed by atoms with Crippen LogP contribution in [-0.4, -0.2) is 30.8 Å².